The molecule has 0 radical (unpaired) electrons. The zero-order valence-electron chi connectivity index (χ0n) is 13.9. The Bertz CT molecular complexity index is 1020. The maximum Gasteiger partial charge on any atom is 0.206 e. The van der Waals surface area contributed by atoms with Crippen molar-refractivity contribution in [2.24, 2.45) is 7.05 Å². The van der Waals surface area contributed by atoms with E-state index in [1.807, 2.05) is 12.3 Å². The first kappa shape index (κ1) is 14.0. The van der Waals surface area contributed by atoms with E-state index in [4.69, 9.17) is 6.57 Å². The monoisotopic (exact) mass is 299 g/mol. The number of benzene rings is 2. The summed E-state index contributed by atoms with van der Waals surface area (Å²) < 4.78 is 2.17. The lowest BCUT2D eigenvalue weighted by Crippen LogP contribution is -2.37. The van der Waals surface area contributed by atoms with Crippen LogP contribution in [0.1, 0.15) is 30.5 Å². The second-order valence-electron chi connectivity index (χ2n) is 6.93. The van der Waals surface area contributed by atoms with Crippen molar-refractivity contribution in [2.75, 3.05) is 0 Å². The largest absolute Gasteiger partial charge is 0.237 e. The molecular weight excluding hydrogens is 280 g/mol. The fourth-order valence-corrected chi connectivity index (χ4v) is 4.09. The molecule has 2 heteroatoms. The fraction of sp³-hybridized carbons (Fsp3) is 0.238. The van der Waals surface area contributed by atoms with Gasteiger partial charge in [-0.1, -0.05) is 44.2 Å². The molecule has 1 aromatic heterocycles. The number of aryl methyl sites for hydroxylation is 2. The highest BCUT2D eigenvalue weighted by molar-refractivity contribution is 6.03. The molecule has 0 aliphatic heterocycles. The van der Waals surface area contributed by atoms with E-state index >= 15 is 0 Å². The molecular formula is C21H19N2+. The van der Waals surface area contributed by atoms with Crippen molar-refractivity contribution < 1.29 is 4.57 Å². The number of pyridine rings is 1. The van der Waals surface area contributed by atoms with Crippen LogP contribution >= 0.6 is 0 Å². The van der Waals surface area contributed by atoms with Crippen molar-refractivity contribution in [3.8, 4) is 11.3 Å². The highest BCUT2D eigenvalue weighted by Crippen LogP contribution is 2.51. The predicted molar refractivity (Wildman–Crippen MR) is 93.7 cm³/mol. The van der Waals surface area contributed by atoms with Gasteiger partial charge in [-0.05, 0) is 28.8 Å². The second-order valence-corrected chi connectivity index (χ2v) is 6.93. The van der Waals surface area contributed by atoms with Gasteiger partial charge in [0, 0.05) is 17.0 Å². The Hall–Kier alpha value is -2.66. The van der Waals surface area contributed by atoms with Gasteiger partial charge in [0.05, 0.1) is 12.1 Å². The van der Waals surface area contributed by atoms with Crippen molar-refractivity contribution in [3.63, 3.8) is 0 Å². The van der Waals surface area contributed by atoms with E-state index in [9.17, 15) is 0 Å². The van der Waals surface area contributed by atoms with Crippen LogP contribution in [0.2, 0.25) is 0 Å². The standard InChI is InChI=1S/C21H19N2/c1-13-9-10-14-7-6-8-15-18(14)17(13)20-19(21(15,2)3)16(22-4)11-12-23(20)5/h6-12H,1-3,5H3/q+1. The van der Waals surface area contributed by atoms with Gasteiger partial charge in [-0.3, -0.25) is 0 Å². The van der Waals surface area contributed by atoms with E-state index in [0.29, 0.717) is 0 Å². The molecule has 0 fully saturated rings. The molecule has 1 heterocycles. The van der Waals surface area contributed by atoms with Crippen molar-refractivity contribution in [2.45, 2.75) is 26.2 Å². The molecule has 1 aliphatic carbocycles. The summed E-state index contributed by atoms with van der Waals surface area (Å²) in [7, 11) is 2.08. The molecule has 0 atom stereocenters. The van der Waals surface area contributed by atoms with Crippen molar-refractivity contribution in [1.82, 2.24) is 0 Å². The Morgan fingerprint density at radius 1 is 1.09 bits per heavy atom. The molecule has 2 nitrogen and oxygen atoms in total. The molecule has 0 bridgehead atoms. The molecule has 3 aromatic rings. The highest BCUT2D eigenvalue weighted by atomic mass is 14.9. The summed E-state index contributed by atoms with van der Waals surface area (Å²) in [6, 6.07) is 12.9. The summed E-state index contributed by atoms with van der Waals surface area (Å²) in [5.74, 6) is 0. The van der Waals surface area contributed by atoms with E-state index in [1.54, 1.807) is 0 Å². The van der Waals surface area contributed by atoms with Crippen LogP contribution in [-0.4, -0.2) is 0 Å². The minimum Gasteiger partial charge on any atom is -0.237 e. The van der Waals surface area contributed by atoms with Crippen LogP contribution in [0.4, 0.5) is 5.69 Å². The molecule has 4 rings (SSSR count). The van der Waals surface area contributed by atoms with E-state index in [-0.39, 0.29) is 5.41 Å². The molecule has 0 amide bonds. The van der Waals surface area contributed by atoms with Crippen LogP contribution < -0.4 is 4.57 Å². The zero-order chi connectivity index (χ0) is 16.4. The third-order valence-electron chi connectivity index (χ3n) is 5.21. The Labute approximate surface area is 136 Å². The normalized spacial score (nSPS) is 14.4. The highest BCUT2D eigenvalue weighted by Gasteiger charge is 2.40. The van der Waals surface area contributed by atoms with Gasteiger partial charge in [0.15, 0.2) is 6.20 Å². The van der Waals surface area contributed by atoms with Gasteiger partial charge in [-0.25, -0.2) is 9.41 Å². The maximum atomic E-state index is 7.63. The average molecular weight is 299 g/mol. The molecule has 1 aliphatic rings. The summed E-state index contributed by atoms with van der Waals surface area (Å²) in [5.41, 5.74) is 6.76. The van der Waals surface area contributed by atoms with Crippen LogP contribution in [-0.2, 0) is 12.5 Å². The molecule has 112 valence electrons. The fourth-order valence-electron chi connectivity index (χ4n) is 4.09. The smallest absolute Gasteiger partial charge is 0.206 e. The van der Waals surface area contributed by atoms with Crippen molar-refractivity contribution in [1.29, 1.82) is 0 Å². The molecule has 2 aromatic carbocycles. The second kappa shape index (κ2) is 4.43. The first-order valence-electron chi connectivity index (χ1n) is 7.90. The van der Waals surface area contributed by atoms with Gasteiger partial charge >= 0.3 is 0 Å². The SMILES string of the molecule is [C-]#[N+]c1cc[n+](C)c2c1C(C)(C)c1cccc3ccc(C)c-2c13. The molecule has 23 heavy (non-hydrogen) atoms. The van der Waals surface area contributed by atoms with E-state index in [2.05, 4.69) is 67.6 Å². The number of aromatic nitrogens is 1. The summed E-state index contributed by atoms with van der Waals surface area (Å²) in [5, 5.41) is 2.61. The number of fused-ring (bicyclic) bond motifs is 2. The lowest BCUT2D eigenvalue weighted by atomic mass is 9.68. The van der Waals surface area contributed by atoms with Gasteiger partial charge in [0.1, 0.15) is 7.05 Å². The summed E-state index contributed by atoms with van der Waals surface area (Å²) >= 11 is 0. The van der Waals surface area contributed by atoms with Crippen molar-refractivity contribution >= 4 is 16.5 Å². The summed E-state index contributed by atoms with van der Waals surface area (Å²) in [6.07, 6.45) is 2.01. The number of nitrogens with zero attached hydrogens (tertiary/aromatic N) is 2. The summed E-state index contributed by atoms with van der Waals surface area (Å²) in [4.78, 5) is 3.82. The Kier molecular flexibility index (Phi) is 2.69. The number of rotatable bonds is 0. The summed E-state index contributed by atoms with van der Waals surface area (Å²) in [6.45, 7) is 14.3. The zero-order valence-corrected chi connectivity index (χ0v) is 13.9. The first-order valence-corrected chi connectivity index (χ1v) is 7.90. The quantitative estimate of drug-likeness (QED) is 0.415. The first-order chi connectivity index (χ1) is 11.0. The number of hydrogen-bond donors (Lipinski definition) is 0. The van der Waals surface area contributed by atoms with Crippen LogP contribution in [0.15, 0.2) is 42.6 Å². The van der Waals surface area contributed by atoms with Crippen LogP contribution in [0, 0.1) is 13.5 Å². The van der Waals surface area contributed by atoms with E-state index < -0.39 is 0 Å². The molecule has 0 saturated heterocycles. The van der Waals surface area contributed by atoms with Gasteiger partial charge in [0.2, 0.25) is 11.4 Å². The third kappa shape index (κ3) is 1.65. The maximum absolute atomic E-state index is 7.63. The lowest BCUT2D eigenvalue weighted by molar-refractivity contribution is -0.660. The van der Waals surface area contributed by atoms with Gasteiger partial charge in [-0.15, -0.1) is 0 Å². The molecule has 0 N–H and O–H groups in total. The van der Waals surface area contributed by atoms with Gasteiger partial charge in [0.25, 0.3) is 0 Å². The molecule has 0 spiro atoms. The average Bonchev–Trinajstić information content (AvgIpc) is 2.54. The van der Waals surface area contributed by atoms with Crippen LogP contribution in [0.5, 0.6) is 0 Å². The Morgan fingerprint density at radius 3 is 2.61 bits per heavy atom. The minimum absolute atomic E-state index is 0.186. The van der Waals surface area contributed by atoms with E-state index in [1.165, 1.54) is 33.2 Å². The predicted octanol–water partition coefficient (Wildman–Crippen LogP) is 4.83. The minimum atomic E-state index is -0.186. The number of hydrogen-bond acceptors (Lipinski definition) is 0. The molecule has 0 unspecified atom stereocenters. The van der Waals surface area contributed by atoms with E-state index in [0.717, 1.165) is 11.3 Å². The van der Waals surface area contributed by atoms with Crippen LogP contribution in [0.25, 0.3) is 26.9 Å². The molecule has 0 saturated carbocycles. The van der Waals surface area contributed by atoms with Gasteiger partial charge in [-0.2, -0.15) is 0 Å². The Morgan fingerprint density at radius 2 is 1.87 bits per heavy atom. The Balaban J connectivity index is 2.35. The topological polar surface area (TPSA) is 8.24 Å². The van der Waals surface area contributed by atoms with Crippen molar-refractivity contribution in [3.05, 3.63) is 70.7 Å². The lowest BCUT2D eigenvalue weighted by Gasteiger charge is -2.34. The van der Waals surface area contributed by atoms with Crippen LogP contribution in [0.3, 0.4) is 0 Å². The van der Waals surface area contributed by atoms with Gasteiger partial charge < -0.3 is 0 Å². The third-order valence-corrected chi connectivity index (χ3v) is 5.21.